The average Bonchev–Trinajstić information content (AvgIpc) is 2.63. The van der Waals surface area contributed by atoms with Gasteiger partial charge in [0.15, 0.2) is 0 Å². The van der Waals surface area contributed by atoms with E-state index in [-0.39, 0.29) is 0 Å². The smallest absolute Gasteiger partial charge is 0.132 e. The van der Waals surface area contributed by atoms with E-state index in [0.717, 1.165) is 75.0 Å². The van der Waals surface area contributed by atoms with Gasteiger partial charge in [-0.25, -0.2) is 9.97 Å². The van der Waals surface area contributed by atoms with Crippen LogP contribution in [0.25, 0.3) is 0 Å². The van der Waals surface area contributed by atoms with Crippen molar-refractivity contribution >= 4 is 5.82 Å². The Morgan fingerprint density at radius 1 is 1.04 bits per heavy atom. The molecule has 5 heteroatoms. The third kappa shape index (κ3) is 4.75. The van der Waals surface area contributed by atoms with Gasteiger partial charge in [-0.1, -0.05) is 19.9 Å². The summed E-state index contributed by atoms with van der Waals surface area (Å²) < 4.78 is 0. The molecule has 0 radical (unpaired) electrons. The van der Waals surface area contributed by atoms with Gasteiger partial charge in [0.25, 0.3) is 0 Å². The number of hydrogen-bond acceptors (Lipinski definition) is 5. The Hall–Kier alpha value is -2.01. The van der Waals surface area contributed by atoms with E-state index in [9.17, 15) is 0 Å². The van der Waals surface area contributed by atoms with E-state index in [1.54, 1.807) is 0 Å². The molecule has 0 aliphatic carbocycles. The van der Waals surface area contributed by atoms with Gasteiger partial charge in [0.1, 0.15) is 11.6 Å². The molecule has 2 aromatic heterocycles. The van der Waals surface area contributed by atoms with Crippen LogP contribution in [0.4, 0.5) is 5.82 Å². The predicted octanol–water partition coefficient (Wildman–Crippen LogP) is 3.02. The normalized spacial score (nSPS) is 15.6. The van der Waals surface area contributed by atoms with Crippen LogP contribution in [0.5, 0.6) is 0 Å². The maximum Gasteiger partial charge on any atom is 0.132 e. The van der Waals surface area contributed by atoms with Gasteiger partial charge in [-0.15, -0.1) is 0 Å². The van der Waals surface area contributed by atoms with E-state index in [0.29, 0.717) is 0 Å². The molecule has 2 aromatic rings. The standard InChI is InChI=1S/C20H29N5/c1-4-6-19-22-16(3)13-20(23-19)25-11-9-24(10-12-25)15-18-8-7-17(5-2)14-21-18/h7-8,13-14H,4-6,9-12,15H2,1-3H3. The fourth-order valence-electron chi connectivity index (χ4n) is 3.23. The van der Waals surface area contributed by atoms with Gasteiger partial charge in [0.05, 0.1) is 5.69 Å². The van der Waals surface area contributed by atoms with E-state index in [1.807, 2.05) is 6.20 Å². The van der Waals surface area contributed by atoms with E-state index in [2.05, 4.69) is 58.7 Å². The zero-order valence-electron chi connectivity index (χ0n) is 15.7. The molecular weight excluding hydrogens is 310 g/mol. The Kier molecular flexibility index (Phi) is 5.97. The highest BCUT2D eigenvalue weighted by molar-refractivity contribution is 5.40. The largest absolute Gasteiger partial charge is 0.354 e. The maximum absolute atomic E-state index is 4.76. The maximum atomic E-state index is 4.76. The zero-order chi connectivity index (χ0) is 17.6. The molecule has 1 fully saturated rings. The summed E-state index contributed by atoms with van der Waals surface area (Å²) >= 11 is 0. The van der Waals surface area contributed by atoms with Crippen molar-refractivity contribution in [2.24, 2.45) is 0 Å². The molecule has 0 bridgehead atoms. The Morgan fingerprint density at radius 2 is 1.84 bits per heavy atom. The first-order valence-electron chi connectivity index (χ1n) is 9.43. The molecule has 1 aliphatic rings. The van der Waals surface area contributed by atoms with Gasteiger partial charge in [0, 0.05) is 57.1 Å². The second-order valence-corrected chi connectivity index (χ2v) is 6.81. The molecular formula is C20H29N5. The summed E-state index contributed by atoms with van der Waals surface area (Å²) in [5, 5.41) is 0. The zero-order valence-corrected chi connectivity index (χ0v) is 15.7. The van der Waals surface area contributed by atoms with E-state index in [4.69, 9.17) is 4.98 Å². The Balaban J connectivity index is 1.58. The third-order valence-corrected chi connectivity index (χ3v) is 4.74. The number of pyridine rings is 1. The van der Waals surface area contributed by atoms with Crippen LogP contribution in [-0.4, -0.2) is 46.0 Å². The number of piperazine rings is 1. The van der Waals surface area contributed by atoms with Gasteiger partial charge >= 0.3 is 0 Å². The van der Waals surface area contributed by atoms with Crippen molar-refractivity contribution in [3.05, 3.63) is 47.2 Å². The van der Waals surface area contributed by atoms with Crippen LogP contribution in [-0.2, 0) is 19.4 Å². The number of aryl methyl sites for hydroxylation is 3. The lowest BCUT2D eigenvalue weighted by atomic mass is 10.2. The molecule has 0 spiro atoms. The number of rotatable bonds is 6. The second-order valence-electron chi connectivity index (χ2n) is 6.81. The summed E-state index contributed by atoms with van der Waals surface area (Å²) in [7, 11) is 0. The fourth-order valence-corrected chi connectivity index (χ4v) is 3.23. The number of nitrogens with zero attached hydrogens (tertiary/aromatic N) is 5. The van der Waals surface area contributed by atoms with Crippen molar-refractivity contribution < 1.29 is 0 Å². The van der Waals surface area contributed by atoms with Crippen LogP contribution in [0.3, 0.4) is 0 Å². The van der Waals surface area contributed by atoms with Crippen molar-refractivity contribution in [1.29, 1.82) is 0 Å². The lowest BCUT2D eigenvalue weighted by Crippen LogP contribution is -2.46. The van der Waals surface area contributed by atoms with E-state index in [1.165, 1.54) is 5.56 Å². The number of anilines is 1. The third-order valence-electron chi connectivity index (χ3n) is 4.74. The van der Waals surface area contributed by atoms with Gasteiger partial charge < -0.3 is 4.90 Å². The molecule has 134 valence electrons. The first-order valence-corrected chi connectivity index (χ1v) is 9.43. The minimum absolute atomic E-state index is 0.932. The summed E-state index contributed by atoms with van der Waals surface area (Å²) in [4.78, 5) is 18.8. The van der Waals surface area contributed by atoms with Crippen LogP contribution in [0, 0.1) is 6.92 Å². The number of aromatic nitrogens is 3. The van der Waals surface area contributed by atoms with Gasteiger partial charge in [-0.3, -0.25) is 9.88 Å². The minimum atomic E-state index is 0.932. The Bertz CT molecular complexity index is 675. The molecule has 0 unspecified atom stereocenters. The Morgan fingerprint density at radius 3 is 2.48 bits per heavy atom. The van der Waals surface area contributed by atoms with Crippen LogP contribution in [0.15, 0.2) is 24.4 Å². The monoisotopic (exact) mass is 339 g/mol. The summed E-state index contributed by atoms with van der Waals surface area (Å²) in [6, 6.07) is 6.47. The first-order chi connectivity index (χ1) is 12.2. The Labute approximate surface area is 151 Å². The van der Waals surface area contributed by atoms with Crippen LogP contribution < -0.4 is 4.90 Å². The summed E-state index contributed by atoms with van der Waals surface area (Å²) in [6.07, 6.45) is 5.09. The van der Waals surface area contributed by atoms with E-state index >= 15 is 0 Å². The molecule has 0 N–H and O–H groups in total. The van der Waals surface area contributed by atoms with Crippen molar-refractivity contribution in [3.63, 3.8) is 0 Å². The number of hydrogen-bond donors (Lipinski definition) is 0. The molecule has 5 nitrogen and oxygen atoms in total. The van der Waals surface area contributed by atoms with Gasteiger partial charge in [0.2, 0.25) is 0 Å². The predicted molar refractivity (Wildman–Crippen MR) is 102 cm³/mol. The summed E-state index contributed by atoms with van der Waals surface area (Å²) in [6.45, 7) is 11.4. The van der Waals surface area contributed by atoms with Crippen molar-refractivity contribution in [2.75, 3.05) is 31.1 Å². The quantitative estimate of drug-likeness (QED) is 0.809. The lowest BCUT2D eigenvalue weighted by molar-refractivity contribution is 0.246. The van der Waals surface area contributed by atoms with Gasteiger partial charge in [-0.2, -0.15) is 0 Å². The highest BCUT2D eigenvalue weighted by atomic mass is 15.3. The molecule has 25 heavy (non-hydrogen) atoms. The second kappa shape index (κ2) is 8.39. The molecule has 0 atom stereocenters. The van der Waals surface area contributed by atoms with Crippen molar-refractivity contribution in [2.45, 2.75) is 46.6 Å². The molecule has 1 aliphatic heterocycles. The van der Waals surface area contributed by atoms with E-state index < -0.39 is 0 Å². The topological polar surface area (TPSA) is 45.2 Å². The summed E-state index contributed by atoms with van der Waals surface area (Å²) in [5.74, 6) is 2.06. The lowest BCUT2D eigenvalue weighted by Gasteiger charge is -2.35. The SMILES string of the molecule is CCCc1nc(C)cc(N2CCN(Cc3ccc(CC)cn3)CC2)n1. The molecule has 3 rings (SSSR count). The molecule has 3 heterocycles. The molecule has 0 amide bonds. The van der Waals surface area contributed by atoms with Crippen LogP contribution in [0.1, 0.15) is 43.0 Å². The van der Waals surface area contributed by atoms with Crippen LogP contribution >= 0.6 is 0 Å². The average molecular weight is 339 g/mol. The first kappa shape index (κ1) is 17.8. The molecule has 0 aromatic carbocycles. The summed E-state index contributed by atoms with van der Waals surface area (Å²) in [5.41, 5.74) is 3.53. The molecule has 1 saturated heterocycles. The van der Waals surface area contributed by atoms with Gasteiger partial charge in [-0.05, 0) is 31.4 Å². The molecule has 0 saturated carbocycles. The van der Waals surface area contributed by atoms with Crippen LogP contribution in [0.2, 0.25) is 0 Å². The van der Waals surface area contributed by atoms with Crippen molar-refractivity contribution in [3.8, 4) is 0 Å². The fraction of sp³-hybridized carbons (Fsp3) is 0.550. The highest BCUT2D eigenvalue weighted by Crippen LogP contribution is 2.17. The minimum Gasteiger partial charge on any atom is -0.354 e. The highest BCUT2D eigenvalue weighted by Gasteiger charge is 2.19. The van der Waals surface area contributed by atoms with Crippen molar-refractivity contribution in [1.82, 2.24) is 19.9 Å².